The van der Waals surface area contributed by atoms with Crippen molar-refractivity contribution in [2.24, 2.45) is 0 Å². The molecule has 9 heteroatoms. The molecule has 1 fully saturated rings. The summed E-state index contributed by atoms with van der Waals surface area (Å²) < 4.78 is 40.3. The van der Waals surface area contributed by atoms with Crippen molar-refractivity contribution >= 4 is 11.8 Å². The summed E-state index contributed by atoms with van der Waals surface area (Å²) in [5, 5.41) is 2.61. The van der Waals surface area contributed by atoms with Crippen LogP contribution in [0.5, 0.6) is 17.2 Å². The van der Waals surface area contributed by atoms with E-state index in [0.717, 1.165) is 6.20 Å². The predicted molar refractivity (Wildman–Crippen MR) is 86.5 cm³/mol. The SMILES string of the molecule is O=C(Nc1ccc(OC(F)F)cn1)N1CCC2(C1)Oc1ccccc1O2. The third-order valence-electron chi connectivity index (χ3n) is 4.12. The molecule has 2 aromatic rings. The minimum absolute atomic E-state index is 0.0800. The third-order valence-corrected chi connectivity index (χ3v) is 4.12. The molecule has 0 bridgehead atoms. The van der Waals surface area contributed by atoms with Gasteiger partial charge in [-0.2, -0.15) is 8.78 Å². The Morgan fingerprint density at radius 2 is 1.96 bits per heavy atom. The molecule has 0 aliphatic carbocycles. The van der Waals surface area contributed by atoms with Gasteiger partial charge in [-0.15, -0.1) is 0 Å². The number of fused-ring (bicyclic) bond motifs is 1. The van der Waals surface area contributed by atoms with Gasteiger partial charge in [0.05, 0.1) is 12.7 Å². The summed E-state index contributed by atoms with van der Waals surface area (Å²) in [4.78, 5) is 17.8. The van der Waals surface area contributed by atoms with Gasteiger partial charge < -0.3 is 19.1 Å². The van der Waals surface area contributed by atoms with E-state index in [0.29, 0.717) is 24.5 Å². The lowest BCUT2D eigenvalue weighted by Crippen LogP contribution is -2.43. The van der Waals surface area contributed by atoms with Gasteiger partial charge in [0, 0.05) is 13.0 Å². The molecule has 0 saturated carbocycles. The van der Waals surface area contributed by atoms with Crippen LogP contribution < -0.4 is 19.5 Å². The van der Waals surface area contributed by atoms with Crippen molar-refractivity contribution in [3.63, 3.8) is 0 Å². The maximum absolute atomic E-state index is 12.4. The number of amides is 2. The van der Waals surface area contributed by atoms with Crippen LogP contribution in [0.2, 0.25) is 0 Å². The molecule has 1 aromatic heterocycles. The van der Waals surface area contributed by atoms with Crippen molar-refractivity contribution < 1.29 is 27.8 Å². The Morgan fingerprint density at radius 1 is 1.23 bits per heavy atom. The Kier molecular flexibility index (Phi) is 3.98. The number of aromatic nitrogens is 1. The molecule has 7 nitrogen and oxygen atoms in total. The van der Waals surface area contributed by atoms with E-state index in [2.05, 4.69) is 15.0 Å². The van der Waals surface area contributed by atoms with Crippen LogP contribution in [0, 0.1) is 0 Å². The third kappa shape index (κ3) is 3.19. The molecule has 0 radical (unpaired) electrons. The summed E-state index contributed by atoms with van der Waals surface area (Å²) in [6.07, 6.45) is 1.65. The monoisotopic (exact) mass is 363 g/mol. The molecule has 1 aromatic carbocycles. The molecule has 2 amide bonds. The van der Waals surface area contributed by atoms with E-state index >= 15 is 0 Å². The van der Waals surface area contributed by atoms with E-state index in [1.165, 1.54) is 12.1 Å². The maximum atomic E-state index is 12.4. The van der Waals surface area contributed by atoms with Gasteiger partial charge in [0.1, 0.15) is 11.6 Å². The number of ether oxygens (including phenoxy) is 3. The van der Waals surface area contributed by atoms with Crippen molar-refractivity contribution in [2.75, 3.05) is 18.4 Å². The summed E-state index contributed by atoms with van der Waals surface area (Å²) in [6, 6.07) is 9.67. The quantitative estimate of drug-likeness (QED) is 0.907. The van der Waals surface area contributed by atoms with Crippen molar-refractivity contribution in [3.05, 3.63) is 42.6 Å². The number of nitrogens with one attached hydrogen (secondary N) is 1. The number of anilines is 1. The van der Waals surface area contributed by atoms with Gasteiger partial charge in [-0.05, 0) is 24.3 Å². The molecule has 1 N–H and O–H groups in total. The Balaban J connectivity index is 1.37. The van der Waals surface area contributed by atoms with Crippen LogP contribution in [0.4, 0.5) is 19.4 Å². The zero-order valence-corrected chi connectivity index (χ0v) is 13.5. The van der Waals surface area contributed by atoms with Gasteiger partial charge in [0.15, 0.2) is 11.5 Å². The van der Waals surface area contributed by atoms with Gasteiger partial charge in [-0.1, -0.05) is 12.1 Å². The Hall–Kier alpha value is -3.10. The Labute approximate surface area is 147 Å². The smallest absolute Gasteiger partial charge is 0.387 e. The molecule has 0 atom stereocenters. The number of urea groups is 1. The summed E-state index contributed by atoms with van der Waals surface area (Å²) >= 11 is 0. The van der Waals surface area contributed by atoms with Crippen molar-refractivity contribution in [3.8, 4) is 17.2 Å². The highest BCUT2D eigenvalue weighted by molar-refractivity contribution is 5.88. The molecule has 1 saturated heterocycles. The fourth-order valence-corrected chi connectivity index (χ4v) is 2.95. The van der Waals surface area contributed by atoms with Crippen molar-refractivity contribution in [1.29, 1.82) is 0 Å². The van der Waals surface area contributed by atoms with Gasteiger partial charge in [-0.3, -0.25) is 5.32 Å². The van der Waals surface area contributed by atoms with E-state index in [9.17, 15) is 13.6 Å². The number of hydrogen-bond donors (Lipinski definition) is 1. The number of carbonyl (C=O) groups is 1. The standard InChI is InChI=1S/C17H15F2N3O4/c18-15(19)24-11-5-6-14(20-9-11)21-16(23)22-8-7-17(10-22)25-12-3-1-2-4-13(12)26-17/h1-6,9,15H,7-8,10H2,(H,20,21,23). The minimum atomic E-state index is -2.92. The van der Waals surface area contributed by atoms with E-state index in [1.807, 2.05) is 24.3 Å². The topological polar surface area (TPSA) is 72.9 Å². The first kappa shape index (κ1) is 16.4. The first-order chi connectivity index (χ1) is 12.5. The molecule has 136 valence electrons. The minimum Gasteiger partial charge on any atom is -0.447 e. The lowest BCUT2D eigenvalue weighted by atomic mass is 10.2. The molecule has 2 aliphatic heterocycles. The number of rotatable bonds is 3. The molecular formula is C17H15F2N3O4. The highest BCUT2D eigenvalue weighted by Crippen LogP contribution is 2.42. The molecule has 26 heavy (non-hydrogen) atoms. The first-order valence-electron chi connectivity index (χ1n) is 7.97. The van der Waals surface area contributed by atoms with E-state index in [4.69, 9.17) is 9.47 Å². The Morgan fingerprint density at radius 3 is 2.58 bits per heavy atom. The van der Waals surface area contributed by atoms with Gasteiger partial charge >= 0.3 is 12.6 Å². The fourth-order valence-electron chi connectivity index (χ4n) is 2.95. The van der Waals surface area contributed by atoms with Crippen LogP contribution in [0.25, 0.3) is 0 Å². The summed E-state index contributed by atoms with van der Waals surface area (Å²) in [6.45, 7) is -2.21. The van der Waals surface area contributed by atoms with Crippen molar-refractivity contribution in [2.45, 2.75) is 18.8 Å². The maximum Gasteiger partial charge on any atom is 0.387 e. The average Bonchev–Trinajstić information content (AvgIpc) is 3.19. The highest BCUT2D eigenvalue weighted by atomic mass is 19.3. The number of halogens is 2. The average molecular weight is 363 g/mol. The molecule has 3 heterocycles. The van der Waals surface area contributed by atoms with Crippen molar-refractivity contribution in [1.82, 2.24) is 9.88 Å². The van der Waals surface area contributed by atoms with Crippen LogP contribution >= 0.6 is 0 Å². The molecule has 2 aliphatic rings. The number of alkyl halides is 2. The summed E-state index contributed by atoms with van der Waals surface area (Å²) in [7, 11) is 0. The predicted octanol–water partition coefficient (Wildman–Crippen LogP) is 3.09. The van der Waals surface area contributed by atoms with Crippen LogP contribution in [0.1, 0.15) is 6.42 Å². The zero-order chi connectivity index (χ0) is 18.1. The fraction of sp³-hybridized carbons (Fsp3) is 0.294. The van der Waals surface area contributed by atoms with Crippen LogP contribution in [0.15, 0.2) is 42.6 Å². The van der Waals surface area contributed by atoms with Gasteiger partial charge in [-0.25, -0.2) is 9.78 Å². The lowest BCUT2D eigenvalue weighted by molar-refractivity contribution is -0.0647. The number of carbonyl (C=O) groups excluding carboxylic acids is 1. The number of hydrogen-bond acceptors (Lipinski definition) is 5. The zero-order valence-electron chi connectivity index (χ0n) is 13.5. The number of benzene rings is 1. The summed E-state index contributed by atoms with van der Waals surface area (Å²) in [5.41, 5.74) is 0. The first-order valence-corrected chi connectivity index (χ1v) is 7.97. The second-order valence-corrected chi connectivity index (χ2v) is 5.92. The summed E-state index contributed by atoms with van der Waals surface area (Å²) in [5.74, 6) is 0.596. The second-order valence-electron chi connectivity index (χ2n) is 5.92. The van der Waals surface area contributed by atoms with Gasteiger partial charge in [0.2, 0.25) is 0 Å². The van der Waals surface area contributed by atoms with E-state index in [-0.39, 0.29) is 24.1 Å². The van der Waals surface area contributed by atoms with E-state index < -0.39 is 12.4 Å². The highest BCUT2D eigenvalue weighted by Gasteiger charge is 2.48. The van der Waals surface area contributed by atoms with Gasteiger partial charge in [0.25, 0.3) is 5.79 Å². The number of pyridine rings is 1. The normalized spacial score (nSPS) is 17.0. The number of nitrogens with zero attached hydrogens (tertiary/aromatic N) is 2. The van der Waals surface area contributed by atoms with Crippen LogP contribution in [0.3, 0.4) is 0 Å². The molecule has 0 unspecified atom stereocenters. The van der Waals surface area contributed by atoms with Crippen LogP contribution in [-0.4, -0.2) is 41.4 Å². The number of para-hydroxylation sites is 2. The lowest BCUT2D eigenvalue weighted by Gasteiger charge is -2.23. The largest absolute Gasteiger partial charge is 0.447 e. The molecular weight excluding hydrogens is 348 g/mol. The number of likely N-dealkylation sites (tertiary alicyclic amines) is 1. The Bertz CT molecular complexity index is 791. The molecule has 4 rings (SSSR count). The molecule has 1 spiro atoms. The second kappa shape index (κ2) is 6.32. The van der Waals surface area contributed by atoms with E-state index in [1.54, 1.807) is 4.90 Å². The van der Waals surface area contributed by atoms with Crippen LogP contribution in [-0.2, 0) is 0 Å².